The molecule has 1 aromatic heterocycles. The van der Waals surface area contributed by atoms with Crippen LogP contribution in [0, 0.1) is 0 Å². The minimum absolute atomic E-state index is 0.0448. The molecule has 3 rings (SSSR count). The van der Waals surface area contributed by atoms with Gasteiger partial charge < -0.3 is 15.8 Å². The Bertz CT molecular complexity index is 835. The third kappa shape index (κ3) is 3.94. The van der Waals surface area contributed by atoms with E-state index in [1.54, 1.807) is 0 Å². The summed E-state index contributed by atoms with van der Waals surface area (Å²) in [5.41, 5.74) is 5.77. The lowest BCUT2D eigenvalue weighted by atomic mass is 10.1. The zero-order valence-corrected chi connectivity index (χ0v) is 14.2. The van der Waals surface area contributed by atoms with Crippen LogP contribution in [0.4, 0.5) is 18.3 Å². The van der Waals surface area contributed by atoms with Crippen molar-refractivity contribution in [1.29, 1.82) is 0 Å². The number of ether oxygens (including phenoxy) is 1. The number of fused-ring (bicyclic) bond motifs is 1. The molecule has 140 valence electrons. The number of imide groups is 1. The number of halogens is 3. The molecule has 11 heteroatoms. The van der Waals surface area contributed by atoms with Gasteiger partial charge in [-0.1, -0.05) is 11.3 Å². The van der Waals surface area contributed by atoms with E-state index in [-0.39, 0.29) is 18.1 Å². The number of rotatable bonds is 5. The molecule has 0 saturated carbocycles. The Kier molecular flexibility index (Phi) is 5.12. The molecule has 1 aliphatic rings. The quantitative estimate of drug-likeness (QED) is 0.810. The maximum absolute atomic E-state index is 12.6. The van der Waals surface area contributed by atoms with Crippen LogP contribution in [0.1, 0.15) is 12.8 Å². The van der Waals surface area contributed by atoms with Gasteiger partial charge in [0.1, 0.15) is 5.75 Å². The summed E-state index contributed by atoms with van der Waals surface area (Å²) >= 11 is 0.937. The lowest BCUT2D eigenvalue weighted by Crippen LogP contribution is -2.56. The number of alkyl halides is 3. The number of carbonyl (C=O) groups is 2. The fourth-order valence-corrected chi connectivity index (χ4v) is 3.42. The molecular formula is C15H15F3N4O3S. The fraction of sp³-hybridized carbons (Fsp3) is 0.400. The molecule has 0 radical (unpaired) electrons. The highest BCUT2D eigenvalue weighted by Crippen LogP contribution is 2.34. The number of carbonyl (C=O) groups excluding carboxylic acids is 2. The van der Waals surface area contributed by atoms with E-state index >= 15 is 0 Å². The number of nitrogens with zero attached hydrogens (tertiary/aromatic N) is 2. The van der Waals surface area contributed by atoms with Crippen LogP contribution in [0.3, 0.4) is 0 Å². The number of aromatic nitrogens is 1. The summed E-state index contributed by atoms with van der Waals surface area (Å²) in [7, 11) is 0. The Balaban J connectivity index is 1.94. The lowest BCUT2D eigenvalue weighted by Gasteiger charge is -2.30. The largest absolute Gasteiger partial charge is 0.573 e. The third-order valence-electron chi connectivity index (χ3n) is 3.72. The summed E-state index contributed by atoms with van der Waals surface area (Å²) in [4.78, 5) is 30.1. The van der Waals surface area contributed by atoms with Crippen molar-refractivity contribution in [3.05, 3.63) is 18.2 Å². The normalized spacial score (nSPS) is 17.0. The van der Waals surface area contributed by atoms with Crippen molar-refractivity contribution in [2.45, 2.75) is 25.2 Å². The Morgan fingerprint density at radius 2 is 2.15 bits per heavy atom. The van der Waals surface area contributed by atoms with Crippen molar-refractivity contribution in [3.63, 3.8) is 0 Å². The first-order chi connectivity index (χ1) is 12.3. The average Bonchev–Trinajstić information content (AvgIpc) is 2.86. The Morgan fingerprint density at radius 1 is 1.42 bits per heavy atom. The predicted octanol–water partition coefficient (Wildman–Crippen LogP) is 1.77. The first kappa shape index (κ1) is 18.5. The van der Waals surface area contributed by atoms with Crippen LogP contribution in [0.5, 0.6) is 5.75 Å². The molecule has 1 aromatic carbocycles. The van der Waals surface area contributed by atoms with Crippen LogP contribution in [-0.4, -0.2) is 42.3 Å². The SMILES string of the molecule is NCCC(=O)N(C(=O)[C@@H]1CCN1)c1nc2ccc(OC(F)(F)F)cc2s1. The van der Waals surface area contributed by atoms with E-state index in [2.05, 4.69) is 15.0 Å². The second-order valence-corrected chi connectivity index (χ2v) is 6.58. The van der Waals surface area contributed by atoms with Crippen molar-refractivity contribution in [2.24, 2.45) is 5.73 Å². The summed E-state index contributed by atoms with van der Waals surface area (Å²) in [6, 6.07) is 3.16. The summed E-state index contributed by atoms with van der Waals surface area (Å²) < 4.78 is 41.3. The number of benzene rings is 1. The smallest absolute Gasteiger partial charge is 0.406 e. The van der Waals surface area contributed by atoms with Gasteiger partial charge in [-0.25, -0.2) is 9.88 Å². The summed E-state index contributed by atoms with van der Waals surface area (Å²) in [5, 5.41) is 3.02. The number of nitrogens with two attached hydrogens (primary N) is 1. The van der Waals surface area contributed by atoms with E-state index in [1.165, 1.54) is 12.1 Å². The third-order valence-corrected chi connectivity index (χ3v) is 4.73. The molecule has 1 fully saturated rings. The van der Waals surface area contributed by atoms with Crippen molar-refractivity contribution < 1.29 is 27.5 Å². The van der Waals surface area contributed by atoms with Gasteiger partial charge >= 0.3 is 6.36 Å². The van der Waals surface area contributed by atoms with Crippen LogP contribution in [0.15, 0.2) is 18.2 Å². The average molecular weight is 388 g/mol. The van der Waals surface area contributed by atoms with Gasteiger partial charge in [0.25, 0.3) is 5.91 Å². The zero-order chi connectivity index (χ0) is 18.9. The minimum Gasteiger partial charge on any atom is -0.406 e. The van der Waals surface area contributed by atoms with E-state index in [0.717, 1.165) is 22.3 Å². The monoisotopic (exact) mass is 388 g/mol. The van der Waals surface area contributed by atoms with E-state index in [0.29, 0.717) is 23.2 Å². The maximum atomic E-state index is 12.6. The molecule has 2 amide bonds. The Labute approximate surface area is 149 Å². The Morgan fingerprint density at radius 3 is 2.73 bits per heavy atom. The minimum atomic E-state index is -4.81. The van der Waals surface area contributed by atoms with Gasteiger partial charge in [-0.15, -0.1) is 13.2 Å². The van der Waals surface area contributed by atoms with Crippen molar-refractivity contribution >= 4 is 38.5 Å². The molecule has 7 nitrogen and oxygen atoms in total. The highest BCUT2D eigenvalue weighted by molar-refractivity contribution is 7.22. The number of thiazole rings is 1. The van der Waals surface area contributed by atoms with E-state index < -0.39 is 30.0 Å². The zero-order valence-electron chi connectivity index (χ0n) is 13.4. The molecule has 2 aromatic rings. The molecule has 2 heterocycles. The molecule has 0 bridgehead atoms. The topological polar surface area (TPSA) is 97.6 Å². The molecular weight excluding hydrogens is 373 g/mol. The highest BCUT2D eigenvalue weighted by Gasteiger charge is 2.35. The van der Waals surface area contributed by atoms with Gasteiger partial charge in [0.15, 0.2) is 5.13 Å². The number of hydrogen-bond donors (Lipinski definition) is 2. The number of nitrogens with one attached hydrogen (secondary N) is 1. The van der Waals surface area contributed by atoms with Gasteiger partial charge in [0.05, 0.1) is 16.3 Å². The second-order valence-electron chi connectivity index (χ2n) is 5.58. The van der Waals surface area contributed by atoms with Crippen molar-refractivity contribution in [2.75, 3.05) is 18.0 Å². The van der Waals surface area contributed by atoms with Gasteiger partial charge in [-0.3, -0.25) is 9.59 Å². The van der Waals surface area contributed by atoms with Crippen LogP contribution < -0.4 is 20.7 Å². The van der Waals surface area contributed by atoms with Crippen LogP contribution in [0.2, 0.25) is 0 Å². The fourth-order valence-electron chi connectivity index (χ4n) is 2.40. The first-order valence-electron chi connectivity index (χ1n) is 7.75. The van der Waals surface area contributed by atoms with Crippen LogP contribution in [-0.2, 0) is 9.59 Å². The van der Waals surface area contributed by atoms with Crippen molar-refractivity contribution in [3.8, 4) is 5.75 Å². The second kappa shape index (κ2) is 7.17. The summed E-state index contributed by atoms with van der Waals surface area (Å²) in [6.45, 7) is 0.739. The summed E-state index contributed by atoms with van der Waals surface area (Å²) in [5.74, 6) is -1.34. The number of hydrogen-bond acceptors (Lipinski definition) is 7. The number of anilines is 1. The number of amides is 2. The van der Waals surface area contributed by atoms with E-state index in [9.17, 15) is 22.8 Å². The molecule has 0 aliphatic carbocycles. The molecule has 0 unspecified atom stereocenters. The van der Waals surface area contributed by atoms with Crippen molar-refractivity contribution in [1.82, 2.24) is 10.3 Å². The molecule has 1 saturated heterocycles. The molecule has 1 aliphatic heterocycles. The van der Waals surface area contributed by atoms with Gasteiger partial charge in [-0.05, 0) is 25.1 Å². The maximum Gasteiger partial charge on any atom is 0.573 e. The van der Waals surface area contributed by atoms with Gasteiger partial charge in [0, 0.05) is 19.0 Å². The van der Waals surface area contributed by atoms with Crippen LogP contribution >= 0.6 is 11.3 Å². The molecule has 26 heavy (non-hydrogen) atoms. The molecule has 0 spiro atoms. The molecule has 3 N–H and O–H groups in total. The van der Waals surface area contributed by atoms with E-state index in [4.69, 9.17) is 5.73 Å². The van der Waals surface area contributed by atoms with Gasteiger partial charge in [0.2, 0.25) is 5.91 Å². The van der Waals surface area contributed by atoms with E-state index in [1.807, 2.05) is 0 Å². The van der Waals surface area contributed by atoms with Gasteiger partial charge in [-0.2, -0.15) is 0 Å². The van der Waals surface area contributed by atoms with Crippen LogP contribution in [0.25, 0.3) is 10.2 Å². The summed E-state index contributed by atoms with van der Waals surface area (Å²) in [6.07, 6.45) is -4.26. The molecule has 1 atom stereocenters. The Hall–Kier alpha value is -2.24. The standard InChI is InChI=1S/C15H15F3N4O3S/c16-15(17,18)25-8-1-2-9-11(7-8)26-14(21-9)22(12(23)3-5-19)13(24)10-4-6-20-10/h1-2,7,10,20H,3-6,19H2/t10-/m0/s1. The predicted molar refractivity (Wildman–Crippen MR) is 88.9 cm³/mol. The highest BCUT2D eigenvalue weighted by atomic mass is 32.1. The first-order valence-corrected chi connectivity index (χ1v) is 8.57. The lowest BCUT2D eigenvalue weighted by molar-refractivity contribution is -0.274.